The first-order valence-electron chi connectivity index (χ1n) is 6.21. The van der Waals surface area contributed by atoms with Crippen LogP contribution in [0, 0.1) is 13.8 Å². The molecule has 0 atom stereocenters. The molecule has 0 saturated carbocycles. The van der Waals surface area contributed by atoms with E-state index >= 15 is 0 Å². The molecule has 0 aliphatic rings. The molecule has 4 heteroatoms. The summed E-state index contributed by atoms with van der Waals surface area (Å²) in [6.45, 7) is 3.60. The van der Waals surface area contributed by atoms with Crippen molar-refractivity contribution >= 4 is 21.9 Å². The predicted molar refractivity (Wildman–Crippen MR) is 76.8 cm³/mol. The molecule has 0 fully saturated rings. The molecule has 2 bridgehead atoms. The maximum atomic E-state index is 12.1. The van der Waals surface area contributed by atoms with Crippen molar-refractivity contribution in [1.29, 1.82) is 0 Å². The largest absolute Gasteiger partial charge is 0.419 e. The van der Waals surface area contributed by atoms with E-state index in [1.165, 1.54) is 0 Å². The van der Waals surface area contributed by atoms with Gasteiger partial charge in [0.05, 0.1) is 10.8 Å². The highest BCUT2D eigenvalue weighted by atomic mass is 16.4. The van der Waals surface area contributed by atoms with Crippen molar-refractivity contribution in [3.8, 4) is 0 Å². The first-order valence-corrected chi connectivity index (χ1v) is 6.21. The number of hydrogen-bond acceptors (Lipinski definition) is 4. The number of rotatable bonds is 0. The van der Waals surface area contributed by atoms with Crippen LogP contribution < -0.4 is 11.3 Å². The van der Waals surface area contributed by atoms with Crippen LogP contribution >= 0.6 is 0 Å². The van der Waals surface area contributed by atoms with Crippen molar-refractivity contribution in [3.05, 3.63) is 68.4 Å². The summed E-state index contributed by atoms with van der Waals surface area (Å²) in [5.74, 6) is 0. The SMILES string of the molecule is Cc1ccc(C)c2oc(=O)c3ccc(cc3)c(=O)oc12. The minimum Gasteiger partial charge on any atom is -0.419 e. The van der Waals surface area contributed by atoms with Gasteiger partial charge in [0.2, 0.25) is 0 Å². The second-order valence-electron chi connectivity index (χ2n) is 4.71. The first kappa shape index (κ1) is 12.4. The molecule has 0 saturated heterocycles. The lowest BCUT2D eigenvalue weighted by molar-refractivity contribution is 0.530. The highest BCUT2D eigenvalue weighted by Gasteiger charge is 2.06. The van der Waals surface area contributed by atoms with E-state index in [1.54, 1.807) is 38.1 Å². The molecule has 2 aromatic carbocycles. The van der Waals surface area contributed by atoms with Crippen molar-refractivity contribution < 1.29 is 8.83 Å². The molecule has 100 valence electrons. The Morgan fingerprint density at radius 2 is 1.00 bits per heavy atom. The van der Waals surface area contributed by atoms with Crippen molar-refractivity contribution in [1.82, 2.24) is 0 Å². The average molecular weight is 268 g/mol. The van der Waals surface area contributed by atoms with Crippen LogP contribution in [0.4, 0.5) is 0 Å². The van der Waals surface area contributed by atoms with Crippen LogP contribution in [0.15, 0.2) is 54.8 Å². The Labute approximate surface area is 113 Å². The zero-order valence-electron chi connectivity index (χ0n) is 11.1. The van der Waals surface area contributed by atoms with E-state index < -0.39 is 11.3 Å². The third-order valence-electron chi connectivity index (χ3n) is 3.25. The second kappa shape index (κ2) is 4.49. The van der Waals surface area contributed by atoms with E-state index in [2.05, 4.69) is 0 Å². The molecule has 0 radical (unpaired) electrons. The summed E-state index contributed by atoms with van der Waals surface area (Å²) in [7, 11) is 0. The summed E-state index contributed by atoms with van der Waals surface area (Å²) in [5, 5.41) is 0.797. The smallest absolute Gasteiger partial charge is 0.343 e. The van der Waals surface area contributed by atoms with Gasteiger partial charge in [0.25, 0.3) is 0 Å². The van der Waals surface area contributed by atoms with Crippen LogP contribution in [-0.4, -0.2) is 0 Å². The van der Waals surface area contributed by atoms with Gasteiger partial charge < -0.3 is 8.83 Å². The van der Waals surface area contributed by atoms with Crippen molar-refractivity contribution in [2.75, 3.05) is 0 Å². The molecule has 0 N–H and O–H groups in total. The van der Waals surface area contributed by atoms with Crippen LogP contribution in [0.2, 0.25) is 0 Å². The molecule has 20 heavy (non-hydrogen) atoms. The van der Waals surface area contributed by atoms with Gasteiger partial charge in [0, 0.05) is 0 Å². The third-order valence-corrected chi connectivity index (χ3v) is 3.25. The highest BCUT2D eigenvalue weighted by molar-refractivity contribution is 5.77. The fourth-order valence-corrected chi connectivity index (χ4v) is 2.06. The van der Waals surface area contributed by atoms with E-state index in [0.717, 1.165) is 11.1 Å². The monoisotopic (exact) mass is 268 g/mol. The van der Waals surface area contributed by atoms with Crippen LogP contribution in [0.3, 0.4) is 0 Å². The van der Waals surface area contributed by atoms with E-state index in [4.69, 9.17) is 8.83 Å². The minimum absolute atomic E-state index is 0.297. The predicted octanol–water partition coefficient (Wildman–Crippen LogP) is 3.08. The Hall–Kier alpha value is -2.62. The van der Waals surface area contributed by atoms with Crippen LogP contribution in [0.25, 0.3) is 21.9 Å². The third kappa shape index (κ3) is 1.95. The Bertz CT molecular complexity index is 862. The van der Waals surface area contributed by atoms with E-state index in [-0.39, 0.29) is 0 Å². The van der Waals surface area contributed by atoms with Gasteiger partial charge in [0.1, 0.15) is 0 Å². The number of fused-ring (bicyclic) bond motifs is 4. The molecule has 0 spiro atoms. The summed E-state index contributed by atoms with van der Waals surface area (Å²) in [6, 6.07) is 9.85. The maximum Gasteiger partial charge on any atom is 0.343 e. The van der Waals surface area contributed by atoms with Crippen molar-refractivity contribution in [3.63, 3.8) is 0 Å². The standard InChI is InChI=1S/C16H12O4/c1-9-3-4-10(2)14-13(9)19-15(17)11-5-7-12(8-6-11)16(18)20-14/h3-8H,1-2H3. The first-order chi connectivity index (χ1) is 9.56. The molecule has 0 amide bonds. The lowest BCUT2D eigenvalue weighted by atomic mass is 10.1. The van der Waals surface area contributed by atoms with Gasteiger partial charge in [-0.2, -0.15) is 0 Å². The molecule has 0 aliphatic carbocycles. The molecule has 0 unspecified atom stereocenters. The number of aryl methyl sites for hydroxylation is 2. The van der Waals surface area contributed by atoms with Gasteiger partial charge in [-0.05, 0) is 49.2 Å². The van der Waals surface area contributed by atoms with E-state index in [1.807, 2.05) is 12.1 Å². The second-order valence-corrected chi connectivity index (χ2v) is 4.71. The van der Waals surface area contributed by atoms with Gasteiger partial charge >= 0.3 is 11.3 Å². The summed E-state index contributed by atoms with van der Waals surface area (Å²) >= 11 is 0. The molecule has 2 aromatic heterocycles. The van der Waals surface area contributed by atoms with Gasteiger partial charge in [-0.1, -0.05) is 12.1 Å². The lowest BCUT2D eigenvalue weighted by Gasteiger charge is -2.00. The quantitative estimate of drug-likeness (QED) is 0.628. The lowest BCUT2D eigenvalue weighted by Crippen LogP contribution is -2.01. The van der Waals surface area contributed by atoms with E-state index in [0.29, 0.717) is 21.9 Å². The van der Waals surface area contributed by atoms with Gasteiger partial charge in [-0.3, -0.25) is 0 Å². The molecule has 0 aliphatic heterocycles. The Balaban J connectivity index is 2.72. The van der Waals surface area contributed by atoms with Gasteiger partial charge in [0.15, 0.2) is 11.2 Å². The summed E-state index contributed by atoms with van der Waals surface area (Å²) in [6.07, 6.45) is 0. The molecule has 4 rings (SSSR count). The fraction of sp³-hybridized carbons (Fsp3) is 0.125. The maximum absolute atomic E-state index is 12.1. The zero-order valence-corrected chi connectivity index (χ0v) is 11.1. The zero-order chi connectivity index (χ0) is 14.3. The van der Waals surface area contributed by atoms with Crippen molar-refractivity contribution in [2.24, 2.45) is 0 Å². The topological polar surface area (TPSA) is 60.4 Å². The summed E-state index contributed by atoms with van der Waals surface area (Å²) in [5.41, 5.74) is 1.13. The van der Waals surface area contributed by atoms with E-state index in [9.17, 15) is 9.59 Å². The highest BCUT2D eigenvalue weighted by Crippen LogP contribution is 2.19. The summed E-state index contributed by atoms with van der Waals surface area (Å²) in [4.78, 5) is 24.2. The summed E-state index contributed by atoms with van der Waals surface area (Å²) < 4.78 is 10.8. The Morgan fingerprint density at radius 3 is 1.35 bits per heavy atom. The fourth-order valence-electron chi connectivity index (χ4n) is 2.06. The number of benzene rings is 2. The molecule has 4 nitrogen and oxygen atoms in total. The van der Waals surface area contributed by atoms with Crippen LogP contribution in [0.5, 0.6) is 0 Å². The Kier molecular flexibility index (Phi) is 2.79. The molecule has 4 aromatic rings. The number of hydrogen-bond donors (Lipinski definition) is 0. The molecule has 2 heterocycles. The Morgan fingerprint density at radius 1 is 0.650 bits per heavy atom. The van der Waals surface area contributed by atoms with Crippen LogP contribution in [0.1, 0.15) is 11.1 Å². The molecular formula is C16H12O4. The molecular weight excluding hydrogens is 256 g/mol. The van der Waals surface area contributed by atoms with Gasteiger partial charge in [-0.15, -0.1) is 0 Å². The van der Waals surface area contributed by atoms with Gasteiger partial charge in [-0.25, -0.2) is 9.59 Å². The van der Waals surface area contributed by atoms with Crippen molar-refractivity contribution in [2.45, 2.75) is 13.8 Å². The average Bonchev–Trinajstić information content (AvgIpc) is 2.46. The normalized spacial score (nSPS) is 10.9. The van der Waals surface area contributed by atoms with Crippen LogP contribution in [-0.2, 0) is 0 Å². The minimum atomic E-state index is -0.468.